The number of halogens is 1. The fraction of sp³-hybridized carbons (Fsp3) is 0.357. The van der Waals surface area contributed by atoms with Gasteiger partial charge >= 0.3 is 0 Å². The molecule has 1 aromatic heterocycles. The van der Waals surface area contributed by atoms with E-state index in [1.165, 1.54) is 48.9 Å². The third-order valence-electron chi connectivity index (χ3n) is 7.03. The molecule has 1 aromatic carbocycles. The number of rotatable bonds is 10. The number of benzene rings is 1. The van der Waals surface area contributed by atoms with Crippen LogP contribution in [0.15, 0.2) is 78.3 Å². The summed E-state index contributed by atoms with van der Waals surface area (Å²) in [6.07, 6.45) is 15.4. The highest BCUT2D eigenvalue weighted by molar-refractivity contribution is 7.78. The fourth-order valence-corrected chi connectivity index (χ4v) is 5.23. The van der Waals surface area contributed by atoms with Crippen molar-refractivity contribution in [2.75, 3.05) is 29.9 Å². The second kappa shape index (κ2) is 11.7. The van der Waals surface area contributed by atoms with E-state index in [0.29, 0.717) is 13.0 Å². The Bertz CT molecular complexity index is 1100. The summed E-state index contributed by atoms with van der Waals surface area (Å²) in [5.41, 5.74) is 5.75. The Labute approximate surface area is 213 Å². The zero-order valence-electron chi connectivity index (χ0n) is 20.1. The van der Waals surface area contributed by atoms with Crippen LogP contribution >= 0.6 is 12.8 Å². The Morgan fingerprint density at radius 2 is 1.94 bits per heavy atom. The molecule has 0 spiro atoms. The monoisotopic (exact) mass is 491 g/mol. The number of nitrogens with one attached hydrogen (secondary N) is 3. The van der Waals surface area contributed by atoms with E-state index in [-0.39, 0.29) is 11.2 Å². The second-order valence-electron chi connectivity index (χ2n) is 9.36. The summed E-state index contributed by atoms with van der Waals surface area (Å²) in [5, 5.41) is 11.5. The molecule has 1 aliphatic carbocycles. The topological polar surface area (TPSA) is 64.0 Å². The van der Waals surface area contributed by atoms with E-state index < -0.39 is 0 Å². The van der Waals surface area contributed by atoms with Crippen LogP contribution in [0.2, 0.25) is 0 Å². The molecule has 1 fully saturated rings. The lowest BCUT2D eigenvalue weighted by Crippen LogP contribution is -2.31. The molecule has 7 heteroatoms. The number of piperidine rings is 1. The summed E-state index contributed by atoms with van der Waals surface area (Å²) in [6.45, 7) is 7.11. The van der Waals surface area contributed by atoms with Crippen molar-refractivity contribution in [2.45, 2.75) is 38.5 Å². The predicted octanol–water partition coefficient (Wildman–Crippen LogP) is 6.10. The normalized spacial score (nSPS) is 20.4. The van der Waals surface area contributed by atoms with Crippen LogP contribution in [-0.4, -0.2) is 30.8 Å². The highest BCUT2D eigenvalue weighted by Gasteiger charge is 2.36. The number of nitrogens with zero attached hydrogens (tertiary/aromatic N) is 2. The highest BCUT2D eigenvalue weighted by Crippen LogP contribution is 2.45. The summed E-state index contributed by atoms with van der Waals surface area (Å²) in [5.74, 6) is -0.275. The molecule has 2 aliphatic rings. The van der Waals surface area contributed by atoms with Gasteiger partial charge in [0.2, 0.25) is 0 Å². The third-order valence-corrected chi connectivity index (χ3v) is 7.25. The van der Waals surface area contributed by atoms with Crippen LogP contribution in [0.5, 0.6) is 0 Å². The van der Waals surface area contributed by atoms with Crippen molar-refractivity contribution in [2.24, 2.45) is 5.41 Å². The van der Waals surface area contributed by atoms with Crippen LogP contribution in [-0.2, 0) is 6.42 Å². The summed E-state index contributed by atoms with van der Waals surface area (Å²) in [6, 6.07) is 8.54. The number of aromatic nitrogens is 1. The molecule has 5 nitrogen and oxygen atoms in total. The van der Waals surface area contributed by atoms with E-state index in [1.807, 2.05) is 18.5 Å². The lowest BCUT2D eigenvalue weighted by Gasteiger charge is -2.38. The van der Waals surface area contributed by atoms with Crippen LogP contribution in [0.4, 0.5) is 15.8 Å². The molecule has 0 saturated carbocycles. The van der Waals surface area contributed by atoms with Crippen LogP contribution in [0.25, 0.3) is 0 Å². The number of pyridine rings is 1. The van der Waals surface area contributed by atoms with E-state index in [4.69, 9.17) is 5.41 Å². The van der Waals surface area contributed by atoms with Gasteiger partial charge in [0.15, 0.2) is 0 Å². The van der Waals surface area contributed by atoms with Gasteiger partial charge in [-0.15, -0.1) is 6.58 Å². The van der Waals surface area contributed by atoms with Crippen molar-refractivity contribution < 1.29 is 4.39 Å². The molecule has 1 saturated heterocycles. The summed E-state index contributed by atoms with van der Waals surface area (Å²) >= 11 is 4.21. The minimum Gasteiger partial charge on any atom is -0.370 e. The van der Waals surface area contributed by atoms with Crippen LogP contribution < -0.4 is 14.9 Å². The number of allylic oxidation sites excluding steroid dienone is 3. The Morgan fingerprint density at radius 3 is 2.63 bits per heavy atom. The maximum Gasteiger partial charge on any atom is 0.123 e. The Morgan fingerprint density at radius 1 is 1.17 bits per heavy atom. The molecular weight excluding hydrogens is 457 g/mol. The van der Waals surface area contributed by atoms with Gasteiger partial charge in [-0.2, -0.15) is 0 Å². The zero-order valence-corrected chi connectivity index (χ0v) is 21.0. The maximum atomic E-state index is 13.4. The average Bonchev–Trinajstić information content (AvgIpc) is 2.90. The number of anilines is 2. The quantitative estimate of drug-likeness (QED) is 0.184. The van der Waals surface area contributed by atoms with E-state index in [2.05, 4.69) is 51.5 Å². The Balaban J connectivity index is 1.64. The SMILES string of the molecule is C=CC1(Cc2cncc(N3CCCCC3)c2)CC(C=N)=C(Nc2ccc(F)cc2)C=C1CCNS. The van der Waals surface area contributed by atoms with Gasteiger partial charge in [0, 0.05) is 48.8 Å². The van der Waals surface area contributed by atoms with Gasteiger partial charge in [0.25, 0.3) is 0 Å². The van der Waals surface area contributed by atoms with Gasteiger partial charge in [-0.3, -0.25) is 9.71 Å². The van der Waals surface area contributed by atoms with Gasteiger partial charge in [-0.05, 0) is 86.1 Å². The van der Waals surface area contributed by atoms with E-state index in [1.54, 1.807) is 12.1 Å². The van der Waals surface area contributed by atoms with Crippen molar-refractivity contribution in [1.29, 1.82) is 5.41 Å². The molecule has 1 atom stereocenters. The lowest BCUT2D eigenvalue weighted by atomic mass is 9.67. The largest absolute Gasteiger partial charge is 0.370 e. The molecule has 1 unspecified atom stereocenters. The first-order valence-electron chi connectivity index (χ1n) is 12.2. The number of thiol groups is 1. The summed E-state index contributed by atoms with van der Waals surface area (Å²) in [7, 11) is 0. The summed E-state index contributed by atoms with van der Waals surface area (Å²) < 4.78 is 16.4. The van der Waals surface area contributed by atoms with Crippen molar-refractivity contribution in [3.63, 3.8) is 0 Å². The van der Waals surface area contributed by atoms with E-state index in [9.17, 15) is 4.39 Å². The first-order valence-corrected chi connectivity index (χ1v) is 12.7. The lowest BCUT2D eigenvalue weighted by molar-refractivity contribution is 0.434. The van der Waals surface area contributed by atoms with E-state index in [0.717, 1.165) is 48.5 Å². The molecule has 3 N–H and O–H groups in total. The van der Waals surface area contributed by atoms with Crippen molar-refractivity contribution in [1.82, 2.24) is 9.71 Å². The second-order valence-corrected chi connectivity index (χ2v) is 9.67. The molecule has 0 amide bonds. The van der Waals surface area contributed by atoms with Crippen LogP contribution in [0.3, 0.4) is 0 Å². The molecule has 35 heavy (non-hydrogen) atoms. The minimum absolute atomic E-state index is 0.275. The molecule has 0 bridgehead atoms. The van der Waals surface area contributed by atoms with Gasteiger partial charge < -0.3 is 15.6 Å². The van der Waals surface area contributed by atoms with Gasteiger partial charge in [-0.25, -0.2) is 4.39 Å². The third kappa shape index (κ3) is 6.03. The van der Waals surface area contributed by atoms with Gasteiger partial charge in [0.1, 0.15) is 5.82 Å². The first kappa shape index (κ1) is 25.2. The molecule has 1 aliphatic heterocycles. The fourth-order valence-electron chi connectivity index (χ4n) is 5.12. The van der Waals surface area contributed by atoms with Crippen LogP contribution in [0, 0.1) is 16.6 Å². The molecular formula is C28H34FN5S. The Hall–Kier alpha value is -2.90. The van der Waals surface area contributed by atoms with Gasteiger partial charge in [-0.1, -0.05) is 24.5 Å². The van der Waals surface area contributed by atoms with Gasteiger partial charge in [0.05, 0.1) is 11.9 Å². The van der Waals surface area contributed by atoms with Crippen molar-refractivity contribution >= 4 is 30.4 Å². The van der Waals surface area contributed by atoms with Crippen molar-refractivity contribution in [3.8, 4) is 0 Å². The molecule has 0 radical (unpaired) electrons. The van der Waals surface area contributed by atoms with Crippen LogP contribution in [0.1, 0.15) is 37.7 Å². The van der Waals surface area contributed by atoms with E-state index >= 15 is 0 Å². The minimum atomic E-state index is -0.340. The standard InChI is InChI=1S/C28H34FN5S/c1-2-28(16-21-14-26(20-31-19-21)34-12-4-3-5-13-34)17-22(18-30)27(15-23(28)10-11-32-35)33-25-8-6-24(29)7-9-25/h2,6-9,14-15,18-20,30,32-33,35H,1,3-5,10-13,16-17H2. The predicted molar refractivity (Wildman–Crippen MR) is 147 cm³/mol. The first-order chi connectivity index (χ1) is 17.1. The number of hydrogen-bond donors (Lipinski definition) is 4. The maximum absolute atomic E-state index is 13.4. The van der Waals surface area contributed by atoms with Crippen molar-refractivity contribution in [3.05, 3.63) is 89.7 Å². The molecule has 2 aromatic rings. The average molecular weight is 492 g/mol. The molecule has 4 rings (SSSR count). The molecule has 184 valence electrons. The zero-order chi connectivity index (χ0) is 24.7. The number of hydrogen-bond acceptors (Lipinski definition) is 6. The summed E-state index contributed by atoms with van der Waals surface area (Å²) in [4.78, 5) is 7.00. The molecule has 2 heterocycles. The Kier molecular flexibility index (Phi) is 8.42. The smallest absolute Gasteiger partial charge is 0.123 e. The highest BCUT2D eigenvalue weighted by atomic mass is 32.1.